The van der Waals surface area contributed by atoms with Crippen molar-refractivity contribution in [1.82, 2.24) is 0 Å². The molecule has 4 aromatic carbocycles. The third kappa shape index (κ3) is 3.81. The molecule has 0 fully saturated rings. The molecule has 0 heterocycles. The van der Waals surface area contributed by atoms with Crippen LogP contribution < -0.4 is 4.74 Å². The van der Waals surface area contributed by atoms with Crippen molar-refractivity contribution in [3.63, 3.8) is 0 Å². The van der Waals surface area contributed by atoms with Crippen LogP contribution in [-0.2, 0) is 14.9 Å². The van der Waals surface area contributed by atoms with Crippen LogP contribution in [0.2, 0.25) is 0 Å². The Morgan fingerprint density at radius 3 is 1.83 bits per heavy atom. The lowest BCUT2D eigenvalue weighted by atomic mass is 9.67. The molecule has 1 aliphatic rings. The van der Waals surface area contributed by atoms with E-state index in [1.165, 1.54) is 33.4 Å². The SMILES string of the molecule is C=C(C)C(=O)OCCOc1c(C)cc(C2(c3ccccc3)c3ccccc3-c3ccccc32)cc1C. The van der Waals surface area contributed by atoms with E-state index in [0.29, 0.717) is 5.57 Å². The highest BCUT2D eigenvalue weighted by Crippen LogP contribution is 2.56. The number of carbonyl (C=O) groups excluding carboxylic acids is 1. The summed E-state index contributed by atoms with van der Waals surface area (Å²) in [7, 11) is 0. The number of hydrogen-bond acceptors (Lipinski definition) is 3. The molecule has 4 aromatic rings. The second-order valence-corrected chi connectivity index (χ2v) is 9.41. The van der Waals surface area contributed by atoms with Crippen LogP contribution in [0.3, 0.4) is 0 Å². The van der Waals surface area contributed by atoms with Gasteiger partial charge in [-0.25, -0.2) is 4.79 Å². The molecule has 3 nitrogen and oxygen atoms in total. The van der Waals surface area contributed by atoms with E-state index < -0.39 is 11.4 Å². The van der Waals surface area contributed by atoms with E-state index in [2.05, 4.69) is 111 Å². The van der Waals surface area contributed by atoms with Crippen molar-refractivity contribution in [2.45, 2.75) is 26.2 Å². The Hall–Kier alpha value is -4.11. The van der Waals surface area contributed by atoms with Crippen molar-refractivity contribution < 1.29 is 14.3 Å². The lowest BCUT2D eigenvalue weighted by molar-refractivity contribution is -0.139. The number of benzene rings is 4. The van der Waals surface area contributed by atoms with Crippen molar-refractivity contribution >= 4 is 5.97 Å². The highest BCUT2D eigenvalue weighted by atomic mass is 16.6. The molecule has 0 amide bonds. The second kappa shape index (κ2) is 9.50. The lowest BCUT2D eigenvalue weighted by Crippen LogP contribution is -2.29. The Balaban J connectivity index is 1.62. The minimum Gasteiger partial charge on any atom is -0.489 e. The van der Waals surface area contributed by atoms with Crippen LogP contribution in [0.4, 0.5) is 0 Å². The summed E-state index contributed by atoms with van der Waals surface area (Å²) >= 11 is 0. The first kappa shape index (κ1) is 23.6. The second-order valence-electron chi connectivity index (χ2n) is 9.41. The lowest BCUT2D eigenvalue weighted by Gasteiger charge is -2.34. The van der Waals surface area contributed by atoms with Crippen molar-refractivity contribution in [2.24, 2.45) is 0 Å². The van der Waals surface area contributed by atoms with E-state index in [4.69, 9.17) is 9.47 Å². The third-order valence-corrected chi connectivity index (χ3v) is 6.96. The summed E-state index contributed by atoms with van der Waals surface area (Å²) in [5, 5.41) is 0. The Bertz CT molecular complexity index is 1380. The van der Waals surface area contributed by atoms with E-state index >= 15 is 0 Å². The molecule has 0 N–H and O–H groups in total. The van der Waals surface area contributed by atoms with Gasteiger partial charge in [0.05, 0.1) is 5.41 Å². The fourth-order valence-corrected chi connectivity index (χ4v) is 5.51. The largest absolute Gasteiger partial charge is 0.489 e. The highest BCUT2D eigenvalue weighted by molar-refractivity contribution is 5.87. The van der Waals surface area contributed by atoms with Crippen LogP contribution in [0.1, 0.15) is 40.3 Å². The minimum atomic E-state index is -0.431. The quantitative estimate of drug-likeness (QED) is 0.143. The highest BCUT2D eigenvalue weighted by Gasteiger charge is 2.46. The molecule has 0 atom stereocenters. The Kier molecular flexibility index (Phi) is 6.24. The Morgan fingerprint density at radius 1 is 0.750 bits per heavy atom. The molecule has 0 saturated heterocycles. The van der Waals surface area contributed by atoms with Gasteiger partial charge in [0.25, 0.3) is 0 Å². The minimum absolute atomic E-state index is 0.182. The molecule has 0 saturated carbocycles. The molecule has 0 aromatic heterocycles. The molecule has 0 spiro atoms. The van der Waals surface area contributed by atoms with Gasteiger partial charge in [-0.05, 0) is 65.3 Å². The first-order valence-corrected chi connectivity index (χ1v) is 12.3. The first-order valence-electron chi connectivity index (χ1n) is 12.3. The molecule has 0 aliphatic heterocycles. The molecular weight excluding hydrogens is 444 g/mol. The van der Waals surface area contributed by atoms with Crippen LogP contribution in [0.5, 0.6) is 5.75 Å². The summed E-state index contributed by atoms with van der Waals surface area (Å²) in [6.45, 7) is 9.88. The molecule has 3 heteroatoms. The average molecular weight is 475 g/mol. The maximum absolute atomic E-state index is 11.7. The molecule has 0 bridgehead atoms. The van der Waals surface area contributed by atoms with Crippen LogP contribution in [0, 0.1) is 13.8 Å². The zero-order valence-electron chi connectivity index (χ0n) is 21.0. The summed E-state index contributed by atoms with van der Waals surface area (Å²) in [5.74, 6) is 0.429. The van der Waals surface area contributed by atoms with E-state index in [-0.39, 0.29) is 13.2 Å². The van der Waals surface area contributed by atoms with Crippen LogP contribution in [-0.4, -0.2) is 19.2 Å². The zero-order chi connectivity index (χ0) is 25.3. The molecule has 5 rings (SSSR count). The summed E-state index contributed by atoms with van der Waals surface area (Å²) in [4.78, 5) is 11.7. The average Bonchev–Trinajstić information content (AvgIpc) is 3.19. The summed E-state index contributed by atoms with van der Waals surface area (Å²) < 4.78 is 11.3. The van der Waals surface area contributed by atoms with Gasteiger partial charge in [0.2, 0.25) is 0 Å². The predicted octanol–water partition coefficient (Wildman–Crippen LogP) is 7.16. The van der Waals surface area contributed by atoms with Crippen molar-refractivity contribution in [3.05, 3.63) is 137 Å². The Labute approximate surface area is 213 Å². The van der Waals surface area contributed by atoms with Crippen LogP contribution in [0.25, 0.3) is 11.1 Å². The molecule has 1 aliphatic carbocycles. The smallest absolute Gasteiger partial charge is 0.333 e. The monoisotopic (exact) mass is 474 g/mol. The first-order chi connectivity index (χ1) is 17.4. The summed E-state index contributed by atoms with van der Waals surface area (Å²) in [5.41, 5.74) is 9.62. The van der Waals surface area contributed by atoms with Crippen molar-refractivity contribution in [1.29, 1.82) is 0 Å². The number of rotatable bonds is 7. The number of aryl methyl sites for hydroxylation is 2. The molecule has 0 radical (unpaired) electrons. The summed E-state index contributed by atoms with van der Waals surface area (Å²) in [6, 6.07) is 32.7. The van der Waals surface area contributed by atoms with Gasteiger partial charge in [-0.15, -0.1) is 0 Å². The van der Waals surface area contributed by atoms with E-state index in [1.54, 1.807) is 6.92 Å². The molecule has 180 valence electrons. The van der Waals surface area contributed by atoms with Gasteiger partial charge in [-0.2, -0.15) is 0 Å². The fraction of sp³-hybridized carbons (Fsp3) is 0.182. The van der Waals surface area contributed by atoms with Crippen molar-refractivity contribution in [2.75, 3.05) is 13.2 Å². The zero-order valence-corrected chi connectivity index (χ0v) is 21.0. The van der Waals surface area contributed by atoms with Gasteiger partial charge in [0.15, 0.2) is 0 Å². The van der Waals surface area contributed by atoms with Crippen molar-refractivity contribution in [3.8, 4) is 16.9 Å². The maximum Gasteiger partial charge on any atom is 0.333 e. The molecule has 0 unspecified atom stereocenters. The normalized spacial score (nSPS) is 13.0. The number of esters is 1. The maximum atomic E-state index is 11.7. The van der Waals surface area contributed by atoms with Crippen LogP contribution in [0.15, 0.2) is 103 Å². The fourth-order valence-electron chi connectivity index (χ4n) is 5.51. The molecule has 36 heavy (non-hydrogen) atoms. The van der Waals surface area contributed by atoms with Gasteiger partial charge in [-0.1, -0.05) is 97.6 Å². The van der Waals surface area contributed by atoms with Gasteiger partial charge in [0, 0.05) is 5.57 Å². The number of hydrogen-bond donors (Lipinski definition) is 0. The third-order valence-electron chi connectivity index (χ3n) is 6.96. The molecular formula is C33H30O3. The summed E-state index contributed by atoms with van der Waals surface area (Å²) in [6.07, 6.45) is 0. The number of ether oxygens (including phenoxy) is 2. The van der Waals surface area contributed by atoms with Gasteiger partial charge >= 0.3 is 5.97 Å². The number of fused-ring (bicyclic) bond motifs is 3. The standard InChI is InChI=1S/C33H30O3/c1-22(2)32(34)36-19-18-35-31-23(3)20-26(21-24(31)4)33(25-12-6-5-7-13-25)29-16-10-8-14-27(29)28-15-9-11-17-30(28)33/h5-17,20-21H,1,18-19H2,2-4H3. The predicted molar refractivity (Wildman–Crippen MR) is 144 cm³/mol. The van der Waals surface area contributed by atoms with Gasteiger partial charge in [0.1, 0.15) is 19.0 Å². The van der Waals surface area contributed by atoms with Gasteiger partial charge in [-0.3, -0.25) is 0 Å². The van der Waals surface area contributed by atoms with E-state index in [0.717, 1.165) is 16.9 Å². The topological polar surface area (TPSA) is 35.5 Å². The van der Waals surface area contributed by atoms with Crippen LogP contribution >= 0.6 is 0 Å². The van der Waals surface area contributed by atoms with E-state index in [1.807, 2.05) is 0 Å². The van der Waals surface area contributed by atoms with E-state index in [9.17, 15) is 4.79 Å². The van der Waals surface area contributed by atoms with Gasteiger partial charge < -0.3 is 9.47 Å². The number of carbonyl (C=O) groups is 1. The Morgan fingerprint density at radius 2 is 1.28 bits per heavy atom.